The second kappa shape index (κ2) is 5.82. The van der Waals surface area contributed by atoms with Crippen molar-refractivity contribution < 1.29 is 19.3 Å². The van der Waals surface area contributed by atoms with Crippen LogP contribution in [0, 0.1) is 5.82 Å². The van der Waals surface area contributed by atoms with Gasteiger partial charge in [-0.25, -0.2) is 4.39 Å². The van der Waals surface area contributed by atoms with E-state index in [1.54, 1.807) is 0 Å². The highest BCUT2D eigenvalue weighted by atomic mass is 19.1. The molecular formula is C12H17FO3. The van der Waals surface area contributed by atoms with Gasteiger partial charge in [-0.3, -0.25) is 0 Å². The molecule has 1 rings (SSSR count). The third kappa shape index (κ3) is 2.93. The van der Waals surface area contributed by atoms with Gasteiger partial charge >= 0.3 is 0 Å². The standard InChI is InChI=1S/C12H17FO3/c1-3-4-10(14)12(15)9-7-8(13)5-6-11(9)16-2/h5-7,10,12,14-15H,3-4H2,1-2H3. The summed E-state index contributed by atoms with van der Waals surface area (Å²) in [6, 6.07) is 3.87. The second-order valence-electron chi connectivity index (χ2n) is 3.69. The first-order valence-electron chi connectivity index (χ1n) is 5.29. The number of benzene rings is 1. The van der Waals surface area contributed by atoms with Crippen LogP contribution in [0.1, 0.15) is 31.4 Å². The van der Waals surface area contributed by atoms with Crippen molar-refractivity contribution in [2.75, 3.05) is 7.11 Å². The van der Waals surface area contributed by atoms with Crippen molar-refractivity contribution in [3.8, 4) is 5.75 Å². The first kappa shape index (κ1) is 12.9. The molecule has 0 fully saturated rings. The molecule has 0 aliphatic rings. The molecule has 90 valence electrons. The normalized spacial score (nSPS) is 14.6. The van der Waals surface area contributed by atoms with Crippen LogP contribution in [-0.2, 0) is 0 Å². The molecule has 1 aromatic rings. The van der Waals surface area contributed by atoms with E-state index in [9.17, 15) is 14.6 Å². The summed E-state index contributed by atoms with van der Waals surface area (Å²) in [5.41, 5.74) is 0.281. The molecule has 4 heteroatoms. The number of hydrogen-bond donors (Lipinski definition) is 2. The van der Waals surface area contributed by atoms with E-state index in [0.29, 0.717) is 12.2 Å². The van der Waals surface area contributed by atoms with Crippen molar-refractivity contribution in [3.05, 3.63) is 29.6 Å². The fourth-order valence-corrected chi connectivity index (χ4v) is 1.60. The van der Waals surface area contributed by atoms with E-state index < -0.39 is 18.0 Å². The molecule has 0 aromatic heterocycles. The Balaban J connectivity index is 2.96. The van der Waals surface area contributed by atoms with E-state index in [1.807, 2.05) is 6.92 Å². The minimum absolute atomic E-state index is 0.281. The van der Waals surface area contributed by atoms with Crippen molar-refractivity contribution in [1.82, 2.24) is 0 Å². The number of aliphatic hydroxyl groups is 2. The first-order chi connectivity index (χ1) is 7.60. The minimum atomic E-state index is -1.12. The molecule has 0 aliphatic carbocycles. The third-order valence-corrected chi connectivity index (χ3v) is 2.46. The fraction of sp³-hybridized carbons (Fsp3) is 0.500. The van der Waals surface area contributed by atoms with Gasteiger partial charge in [-0.2, -0.15) is 0 Å². The van der Waals surface area contributed by atoms with Crippen molar-refractivity contribution in [3.63, 3.8) is 0 Å². The Morgan fingerprint density at radius 3 is 2.62 bits per heavy atom. The third-order valence-electron chi connectivity index (χ3n) is 2.46. The van der Waals surface area contributed by atoms with Crippen LogP contribution < -0.4 is 4.74 Å². The highest BCUT2D eigenvalue weighted by Crippen LogP contribution is 2.29. The Bertz CT molecular complexity index is 341. The van der Waals surface area contributed by atoms with Crippen molar-refractivity contribution in [2.45, 2.75) is 32.0 Å². The van der Waals surface area contributed by atoms with Gasteiger partial charge in [0.1, 0.15) is 17.7 Å². The van der Waals surface area contributed by atoms with E-state index in [2.05, 4.69) is 0 Å². The maximum atomic E-state index is 13.0. The predicted molar refractivity (Wildman–Crippen MR) is 58.8 cm³/mol. The lowest BCUT2D eigenvalue weighted by Crippen LogP contribution is -2.18. The predicted octanol–water partition coefficient (Wildman–Crippen LogP) is 2.03. The van der Waals surface area contributed by atoms with Crippen LogP contribution in [0.25, 0.3) is 0 Å². The molecule has 0 spiro atoms. The summed E-state index contributed by atoms with van der Waals surface area (Å²) in [7, 11) is 1.44. The Morgan fingerprint density at radius 2 is 2.06 bits per heavy atom. The topological polar surface area (TPSA) is 49.7 Å². The van der Waals surface area contributed by atoms with Gasteiger partial charge in [0.15, 0.2) is 0 Å². The Morgan fingerprint density at radius 1 is 1.38 bits per heavy atom. The average molecular weight is 228 g/mol. The van der Waals surface area contributed by atoms with E-state index in [0.717, 1.165) is 6.42 Å². The van der Waals surface area contributed by atoms with Gasteiger partial charge in [-0.1, -0.05) is 13.3 Å². The van der Waals surface area contributed by atoms with Gasteiger partial charge in [-0.15, -0.1) is 0 Å². The minimum Gasteiger partial charge on any atom is -0.496 e. The first-order valence-corrected chi connectivity index (χ1v) is 5.29. The SMILES string of the molecule is CCCC(O)C(O)c1cc(F)ccc1OC. The zero-order chi connectivity index (χ0) is 12.1. The number of methoxy groups -OCH3 is 1. The molecule has 2 N–H and O–H groups in total. The monoisotopic (exact) mass is 228 g/mol. The molecule has 2 atom stereocenters. The number of hydrogen-bond acceptors (Lipinski definition) is 3. The highest BCUT2D eigenvalue weighted by molar-refractivity contribution is 5.36. The van der Waals surface area contributed by atoms with Gasteiger partial charge in [0, 0.05) is 5.56 Å². The van der Waals surface area contributed by atoms with Crippen molar-refractivity contribution in [1.29, 1.82) is 0 Å². The Labute approximate surface area is 94.5 Å². The van der Waals surface area contributed by atoms with Gasteiger partial charge in [0.25, 0.3) is 0 Å². The summed E-state index contributed by atoms with van der Waals surface area (Å²) in [4.78, 5) is 0. The van der Waals surface area contributed by atoms with Gasteiger partial charge in [-0.05, 0) is 24.6 Å². The van der Waals surface area contributed by atoms with E-state index in [4.69, 9.17) is 4.74 Å². The zero-order valence-electron chi connectivity index (χ0n) is 9.48. The van der Waals surface area contributed by atoms with E-state index in [-0.39, 0.29) is 5.56 Å². The summed E-state index contributed by atoms with van der Waals surface area (Å²) in [6.07, 6.45) is -0.817. The van der Waals surface area contributed by atoms with Crippen molar-refractivity contribution >= 4 is 0 Å². The van der Waals surface area contributed by atoms with Crippen molar-refractivity contribution in [2.24, 2.45) is 0 Å². The zero-order valence-corrected chi connectivity index (χ0v) is 9.48. The lowest BCUT2D eigenvalue weighted by molar-refractivity contribution is 0.0116. The molecular weight excluding hydrogens is 211 g/mol. The van der Waals surface area contributed by atoms with Crippen LogP contribution in [0.5, 0.6) is 5.75 Å². The maximum absolute atomic E-state index is 13.0. The lowest BCUT2D eigenvalue weighted by Gasteiger charge is -2.19. The molecule has 0 radical (unpaired) electrons. The quantitative estimate of drug-likeness (QED) is 0.810. The number of halogens is 1. The largest absolute Gasteiger partial charge is 0.496 e. The van der Waals surface area contributed by atoms with Crippen LogP contribution in [0.2, 0.25) is 0 Å². The fourth-order valence-electron chi connectivity index (χ4n) is 1.60. The molecule has 0 saturated carbocycles. The van der Waals surface area contributed by atoms with Gasteiger partial charge in [0.2, 0.25) is 0 Å². The molecule has 16 heavy (non-hydrogen) atoms. The van der Waals surface area contributed by atoms with Gasteiger partial charge < -0.3 is 14.9 Å². The molecule has 0 amide bonds. The lowest BCUT2D eigenvalue weighted by atomic mass is 10.00. The number of ether oxygens (including phenoxy) is 1. The molecule has 0 saturated heterocycles. The van der Waals surface area contributed by atoms with Crippen LogP contribution in [0.4, 0.5) is 4.39 Å². The molecule has 0 bridgehead atoms. The van der Waals surface area contributed by atoms with Crippen LogP contribution in [0.3, 0.4) is 0 Å². The summed E-state index contributed by atoms with van der Waals surface area (Å²) in [6.45, 7) is 1.90. The van der Waals surface area contributed by atoms with Crippen LogP contribution in [-0.4, -0.2) is 23.4 Å². The molecule has 0 heterocycles. The summed E-state index contributed by atoms with van der Waals surface area (Å²) < 4.78 is 18.1. The summed E-state index contributed by atoms with van der Waals surface area (Å²) in [5, 5.41) is 19.5. The molecule has 1 aromatic carbocycles. The summed E-state index contributed by atoms with van der Waals surface area (Å²) >= 11 is 0. The molecule has 3 nitrogen and oxygen atoms in total. The molecule has 2 unspecified atom stereocenters. The van der Waals surface area contributed by atoms with Crippen LogP contribution >= 0.6 is 0 Å². The highest BCUT2D eigenvalue weighted by Gasteiger charge is 2.21. The Kier molecular flexibility index (Phi) is 4.71. The summed E-state index contributed by atoms with van der Waals surface area (Å²) in [5.74, 6) is -0.0809. The van der Waals surface area contributed by atoms with E-state index in [1.165, 1.54) is 25.3 Å². The maximum Gasteiger partial charge on any atom is 0.124 e. The number of rotatable bonds is 5. The van der Waals surface area contributed by atoms with E-state index >= 15 is 0 Å². The van der Waals surface area contributed by atoms with Gasteiger partial charge in [0.05, 0.1) is 13.2 Å². The van der Waals surface area contributed by atoms with Crippen LogP contribution in [0.15, 0.2) is 18.2 Å². The molecule has 0 aliphatic heterocycles. The average Bonchev–Trinajstić information content (AvgIpc) is 2.28. The Hall–Kier alpha value is -1.13. The number of aliphatic hydroxyl groups excluding tert-OH is 2. The smallest absolute Gasteiger partial charge is 0.124 e. The second-order valence-corrected chi connectivity index (χ2v) is 3.69.